The number of carbonyl (C=O) groups excluding carboxylic acids is 2. The van der Waals surface area contributed by atoms with Gasteiger partial charge in [-0.25, -0.2) is 0 Å². The summed E-state index contributed by atoms with van der Waals surface area (Å²) in [4.78, 5) is 25.4. The molecule has 1 aliphatic rings. The molecule has 0 unspecified atom stereocenters. The monoisotopic (exact) mass is 314 g/mol. The van der Waals surface area contributed by atoms with Crippen LogP contribution in [0.3, 0.4) is 0 Å². The van der Waals surface area contributed by atoms with Gasteiger partial charge in [0.1, 0.15) is 0 Å². The number of nitrogens with one attached hydrogen (secondary N) is 1. The topological polar surface area (TPSA) is 49.4 Å². The number of rotatable bonds is 3. The first-order chi connectivity index (χ1) is 10.5. The zero-order valence-electron chi connectivity index (χ0n) is 12.1. The quantitative estimate of drug-likeness (QED) is 0.946. The van der Waals surface area contributed by atoms with Crippen LogP contribution in [-0.4, -0.2) is 18.9 Å². The fraction of sp³-hybridized carbons (Fsp3) is 0.176. The molecule has 0 saturated carbocycles. The molecule has 0 spiro atoms. The van der Waals surface area contributed by atoms with E-state index in [1.807, 2.05) is 18.2 Å². The maximum atomic E-state index is 12.1. The summed E-state index contributed by atoms with van der Waals surface area (Å²) in [5, 5.41) is 3.46. The smallest absolute Gasteiger partial charge is 0.231 e. The van der Waals surface area contributed by atoms with Crippen molar-refractivity contribution in [2.45, 2.75) is 12.8 Å². The number of nitrogens with zero attached hydrogens (tertiary/aromatic N) is 1. The Balaban J connectivity index is 1.69. The van der Waals surface area contributed by atoms with Gasteiger partial charge in [0.2, 0.25) is 11.8 Å². The van der Waals surface area contributed by atoms with Crippen LogP contribution in [0.25, 0.3) is 0 Å². The van der Waals surface area contributed by atoms with E-state index in [4.69, 9.17) is 11.6 Å². The molecule has 0 bridgehead atoms. The Morgan fingerprint density at radius 1 is 1.23 bits per heavy atom. The van der Waals surface area contributed by atoms with E-state index in [2.05, 4.69) is 5.32 Å². The first-order valence-electron chi connectivity index (χ1n) is 6.97. The van der Waals surface area contributed by atoms with Crippen molar-refractivity contribution in [3.05, 3.63) is 58.6 Å². The highest BCUT2D eigenvalue weighted by atomic mass is 35.5. The van der Waals surface area contributed by atoms with Crippen molar-refractivity contribution in [1.82, 2.24) is 0 Å². The van der Waals surface area contributed by atoms with E-state index >= 15 is 0 Å². The molecule has 0 aromatic heterocycles. The fourth-order valence-corrected chi connectivity index (χ4v) is 2.68. The molecule has 2 amide bonds. The SMILES string of the molecule is CN1C(=O)Cc2cc(CC(=O)Nc3ccc(Cl)cc3)ccc21. The van der Waals surface area contributed by atoms with Gasteiger partial charge in [0.25, 0.3) is 0 Å². The number of hydrogen-bond acceptors (Lipinski definition) is 2. The second-order valence-corrected chi connectivity index (χ2v) is 5.76. The van der Waals surface area contributed by atoms with Crippen LogP contribution >= 0.6 is 11.6 Å². The summed E-state index contributed by atoms with van der Waals surface area (Å²) in [5.41, 5.74) is 3.51. The lowest BCUT2D eigenvalue weighted by Crippen LogP contribution is -2.20. The molecule has 3 rings (SSSR count). The molecule has 5 heteroatoms. The Labute approximate surface area is 133 Å². The first-order valence-corrected chi connectivity index (χ1v) is 7.34. The Hall–Kier alpha value is -2.33. The number of likely N-dealkylation sites (N-methyl/N-ethyl adjacent to an activating group) is 1. The van der Waals surface area contributed by atoms with Crippen LogP contribution in [0.2, 0.25) is 5.02 Å². The van der Waals surface area contributed by atoms with Crippen LogP contribution in [0.1, 0.15) is 11.1 Å². The van der Waals surface area contributed by atoms with Crippen LogP contribution in [0.5, 0.6) is 0 Å². The molecule has 4 nitrogen and oxygen atoms in total. The number of amides is 2. The molecule has 2 aromatic rings. The summed E-state index contributed by atoms with van der Waals surface area (Å²) >= 11 is 5.81. The second-order valence-electron chi connectivity index (χ2n) is 5.32. The first kappa shape index (κ1) is 14.6. The maximum Gasteiger partial charge on any atom is 0.231 e. The van der Waals surface area contributed by atoms with E-state index in [0.29, 0.717) is 17.1 Å². The van der Waals surface area contributed by atoms with Crippen LogP contribution in [0.4, 0.5) is 11.4 Å². The summed E-state index contributed by atoms with van der Waals surface area (Å²) < 4.78 is 0. The van der Waals surface area contributed by atoms with Gasteiger partial charge in [-0.1, -0.05) is 23.7 Å². The number of benzene rings is 2. The van der Waals surface area contributed by atoms with Crippen molar-refractivity contribution in [3.8, 4) is 0 Å². The van der Waals surface area contributed by atoms with Gasteiger partial charge in [-0.15, -0.1) is 0 Å². The van der Waals surface area contributed by atoms with E-state index in [-0.39, 0.29) is 18.2 Å². The van der Waals surface area contributed by atoms with Gasteiger partial charge in [-0.2, -0.15) is 0 Å². The molecule has 1 N–H and O–H groups in total. The summed E-state index contributed by atoms with van der Waals surface area (Å²) in [5.74, 6) is -0.0160. The Morgan fingerprint density at radius 2 is 1.95 bits per heavy atom. The summed E-state index contributed by atoms with van der Waals surface area (Å²) in [7, 11) is 1.76. The largest absolute Gasteiger partial charge is 0.326 e. The predicted octanol–water partition coefficient (Wildman–Crippen LogP) is 3.04. The highest BCUT2D eigenvalue weighted by Gasteiger charge is 2.23. The normalized spacial score (nSPS) is 13.2. The van der Waals surface area contributed by atoms with E-state index in [1.54, 1.807) is 36.2 Å². The molecule has 112 valence electrons. The molecule has 2 aromatic carbocycles. The van der Waals surface area contributed by atoms with Crippen LogP contribution in [0.15, 0.2) is 42.5 Å². The molecule has 0 saturated heterocycles. The molecule has 0 aliphatic carbocycles. The van der Waals surface area contributed by atoms with Crippen LogP contribution < -0.4 is 10.2 Å². The minimum Gasteiger partial charge on any atom is -0.326 e. The van der Waals surface area contributed by atoms with Crippen molar-refractivity contribution in [3.63, 3.8) is 0 Å². The highest BCUT2D eigenvalue weighted by molar-refractivity contribution is 6.30. The number of hydrogen-bond donors (Lipinski definition) is 1. The van der Waals surface area contributed by atoms with Crippen molar-refractivity contribution >= 4 is 34.8 Å². The van der Waals surface area contributed by atoms with E-state index in [0.717, 1.165) is 16.8 Å². The van der Waals surface area contributed by atoms with Gasteiger partial charge in [-0.05, 0) is 41.5 Å². The van der Waals surface area contributed by atoms with Crippen molar-refractivity contribution in [2.24, 2.45) is 0 Å². The molecular formula is C17H15ClN2O2. The molecule has 1 heterocycles. The van der Waals surface area contributed by atoms with Gasteiger partial charge in [0.05, 0.1) is 12.8 Å². The lowest BCUT2D eigenvalue weighted by Gasteiger charge is -2.10. The van der Waals surface area contributed by atoms with Gasteiger partial charge >= 0.3 is 0 Å². The molecule has 1 aliphatic heterocycles. The molecule has 0 atom stereocenters. The number of fused-ring (bicyclic) bond motifs is 1. The molecule has 0 radical (unpaired) electrons. The minimum absolute atomic E-state index is 0.0813. The zero-order valence-corrected chi connectivity index (χ0v) is 12.9. The Bertz CT molecular complexity index is 741. The maximum absolute atomic E-state index is 12.1. The van der Waals surface area contributed by atoms with Crippen LogP contribution in [-0.2, 0) is 22.4 Å². The third-order valence-electron chi connectivity index (χ3n) is 3.71. The second kappa shape index (κ2) is 5.81. The lowest BCUT2D eigenvalue weighted by molar-refractivity contribution is -0.117. The summed E-state index contributed by atoms with van der Waals surface area (Å²) in [6.45, 7) is 0. The average Bonchev–Trinajstić information content (AvgIpc) is 2.76. The van der Waals surface area contributed by atoms with E-state index in [9.17, 15) is 9.59 Å². The zero-order chi connectivity index (χ0) is 15.7. The van der Waals surface area contributed by atoms with Crippen LogP contribution in [0, 0.1) is 0 Å². The van der Waals surface area contributed by atoms with Gasteiger partial charge in [0, 0.05) is 23.4 Å². The minimum atomic E-state index is -0.0973. The molecule has 22 heavy (non-hydrogen) atoms. The third kappa shape index (κ3) is 2.97. The average molecular weight is 315 g/mol. The van der Waals surface area contributed by atoms with Crippen molar-refractivity contribution in [1.29, 1.82) is 0 Å². The number of carbonyl (C=O) groups is 2. The summed E-state index contributed by atoms with van der Waals surface area (Å²) in [6.07, 6.45) is 0.673. The summed E-state index contributed by atoms with van der Waals surface area (Å²) in [6, 6.07) is 12.7. The van der Waals surface area contributed by atoms with E-state index < -0.39 is 0 Å². The standard InChI is InChI=1S/C17H15ClN2O2/c1-20-15-7-2-11(8-12(15)10-17(20)22)9-16(21)19-14-5-3-13(18)4-6-14/h2-8H,9-10H2,1H3,(H,19,21). The third-order valence-corrected chi connectivity index (χ3v) is 3.97. The highest BCUT2D eigenvalue weighted by Crippen LogP contribution is 2.28. The van der Waals surface area contributed by atoms with Crippen molar-refractivity contribution < 1.29 is 9.59 Å². The van der Waals surface area contributed by atoms with Gasteiger partial charge < -0.3 is 10.2 Å². The van der Waals surface area contributed by atoms with Crippen molar-refractivity contribution in [2.75, 3.05) is 17.3 Å². The Morgan fingerprint density at radius 3 is 2.68 bits per heavy atom. The van der Waals surface area contributed by atoms with Gasteiger partial charge in [-0.3, -0.25) is 9.59 Å². The van der Waals surface area contributed by atoms with E-state index in [1.165, 1.54) is 0 Å². The lowest BCUT2D eigenvalue weighted by atomic mass is 10.1. The number of halogens is 1. The van der Waals surface area contributed by atoms with Gasteiger partial charge in [0.15, 0.2) is 0 Å². The molecule has 0 fully saturated rings. The number of anilines is 2. The fourth-order valence-electron chi connectivity index (χ4n) is 2.56. The predicted molar refractivity (Wildman–Crippen MR) is 87.3 cm³/mol. The Kier molecular flexibility index (Phi) is 3.86. The molecular weight excluding hydrogens is 300 g/mol.